The number of benzene rings is 1. The molecule has 168 valence electrons. The van der Waals surface area contributed by atoms with Crippen molar-refractivity contribution in [2.24, 2.45) is 0 Å². The Morgan fingerprint density at radius 1 is 1.16 bits per heavy atom. The summed E-state index contributed by atoms with van der Waals surface area (Å²) in [5.41, 5.74) is -0.223. The van der Waals surface area contributed by atoms with Crippen molar-refractivity contribution in [3.63, 3.8) is 0 Å². The number of likely N-dealkylation sites (N-methyl/N-ethyl adjacent to an activating group) is 1. The lowest BCUT2D eigenvalue weighted by molar-refractivity contribution is -0.192. The molecule has 1 aromatic heterocycles. The predicted octanol–water partition coefficient (Wildman–Crippen LogP) is 3.64. The van der Waals surface area contributed by atoms with Gasteiger partial charge in [0.15, 0.2) is 0 Å². The van der Waals surface area contributed by atoms with Gasteiger partial charge in [0.1, 0.15) is 11.9 Å². The number of hydrogen-bond acceptors (Lipinski definition) is 6. The van der Waals surface area contributed by atoms with Gasteiger partial charge in [0.2, 0.25) is 5.82 Å². The summed E-state index contributed by atoms with van der Waals surface area (Å²) >= 11 is 0. The first-order valence-electron chi connectivity index (χ1n) is 8.39. The van der Waals surface area contributed by atoms with Gasteiger partial charge in [-0.2, -0.15) is 31.6 Å². The van der Waals surface area contributed by atoms with E-state index in [2.05, 4.69) is 15.3 Å². The third kappa shape index (κ3) is 8.87. The van der Waals surface area contributed by atoms with Crippen LogP contribution in [0.3, 0.4) is 0 Å². The second kappa shape index (κ2) is 10.6. The molecule has 0 radical (unpaired) electrons. The lowest BCUT2D eigenvalue weighted by atomic mass is 10.1. The molecule has 7 nitrogen and oxygen atoms in total. The molecule has 0 atom stereocenters. The third-order valence-corrected chi connectivity index (χ3v) is 3.42. The lowest BCUT2D eigenvalue weighted by Gasteiger charge is -2.12. The number of anilines is 1. The molecule has 1 aromatic carbocycles. The first-order valence-corrected chi connectivity index (χ1v) is 8.39. The quantitative estimate of drug-likeness (QED) is 0.672. The van der Waals surface area contributed by atoms with Crippen LogP contribution in [-0.2, 0) is 11.0 Å². The predicted molar refractivity (Wildman–Crippen MR) is 97.9 cm³/mol. The molecule has 0 saturated heterocycles. The molecule has 0 saturated carbocycles. The Morgan fingerprint density at radius 2 is 1.77 bits per heavy atom. The number of rotatable bonds is 5. The van der Waals surface area contributed by atoms with Gasteiger partial charge < -0.3 is 15.3 Å². The Hall–Kier alpha value is -3.40. The number of aromatic nitrogens is 2. The van der Waals surface area contributed by atoms with Gasteiger partial charge in [-0.3, -0.25) is 0 Å². The summed E-state index contributed by atoms with van der Waals surface area (Å²) in [7, 11) is 3.83. The summed E-state index contributed by atoms with van der Waals surface area (Å²) in [4.78, 5) is 18.9. The van der Waals surface area contributed by atoms with E-state index in [1.807, 2.05) is 25.1 Å². The molecule has 13 heteroatoms. The maximum absolute atomic E-state index is 12.8. The number of alkyl halides is 6. The summed E-state index contributed by atoms with van der Waals surface area (Å²) in [6.07, 6.45) is -9.52. The Labute approximate surface area is 173 Å². The van der Waals surface area contributed by atoms with Gasteiger partial charge in [-0.25, -0.2) is 14.8 Å². The van der Waals surface area contributed by atoms with Crippen molar-refractivity contribution in [1.82, 2.24) is 14.9 Å². The molecule has 2 rings (SSSR count). The van der Waals surface area contributed by atoms with Gasteiger partial charge in [0.05, 0.1) is 11.3 Å². The number of aliphatic carboxylic acids is 1. The van der Waals surface area contributed by atoms with E-state index in [-0.39, 0.29) is 17.1 Å². The maximum atomic E-state index is 12.8. The Kier molecular flexibility index (Phi) is 8.75. The van der Waals surface area contributed by atoms with Crippen LogP contribution in [0.2, 0.25) is 0 Å². The summed E-state index contributed by atoms with van der Waals surface area (Å²) in [5.74, 6) is -2.46. The molecular formula is C18H17F6N5O2. The zero-order valence-electron chi connectivity index (χ0n) is 16.2. The fourth-order valence-electron chi connectivity index (χ4n) is 2.00. The Balaban J connectivity index is 0.000000592. The highest BCUT2D eigenvalue weighted by molar-refractivity contribution is 5.73. The minimum absolute atomic E-state index is 0.0998. The fraction of sp³-hybridized carbons (Fsp3) is 0.333. The molecule has 1 heterocycles. The molecule has 0 spiro atoms. The van der Waals surface area contributed by atoms with Crippen molar-refractivity contribution in [2.75, 3.05) is 32.5 Å². The normalized spacial score (nSPS) is 11.4. The Morgan fingerprint density at radius 3 is 2.26 bits per heavy atom. The molecule has 0 aliphatic carbocycles. The molecule has 2 aromatic rings. The third-order valence-electron chi connectivity index (χ3n) is 3.42. The number of nitrogens with zero attached hydrogens (tertiary/aromatic N) is 4. The van der Waals surface area contributed by atoms with Crippen LogP contribution in [0.25, 0.3) is 11.3 Å². The van der Waals surface area contributed by atoms with E-state index in [9.17, 15) is 26.3 Å². The maximum Gasteiger partial charge on any atom is 0.490 e. The monoisotopic (exact) mass is 449 g/mol. The molecule has 0 unspecified atom stereocenters. The van der Waals surface area contributed by atoms with Crippen LogP contribution in [0.4, 0.5) is 32.2 Å². The second-order valence-corrected chi connectivity index (χ2v) is 6.19. The van der Waals surface area contributed by atoms with E-state index in [1.54, 1.807) is 0 Å². The zero-order valence-corrected chi connectivity index (χ0v) is 16.2. The van der Waals surface area contributed by atoms with Gasteiger partial charge >= 0.3 is 18.3 Å². The molecular weight excluding hydrogens is 432 g/mol. The largest absolute Gasteiger partial charge is 0.490 e. The average Bonchev–Trinajstić information content (AvgIpc) is 2.66. The van der Waals surface area contributed by atoms with Crippen LogP contribution in [0.15, 0.2) is 30.3 Å². The van der Waals surface area contributed by atoms with Crippen LogP contribution in [-0.4, -0.2) is 59.3 Å². The molecule has 0 fully saturated rings. The van der Waals surface area contributed by atoms with Crippen molar-refractivity contribution in [3.8, 4) is 17.3 Å². The number of nitrogens with one attached hydrogen (secondary N) is 1. The molecule has 0 bridgehead atoms. The van der Waals surface area contributed by atoms with Crippen molar-refractivity contribution in [1.29, 1.82) is 5.26 Å². The van der Waals surface area contributed by atoms with E-state index in [1.165, 1.54) is 18.2 Å². The number of nitriles is 1. The highest BCUT2D eigenvalue weighted by atomic mass is 19.4. The van der Waals surface area contributed by atoms with Crippen LogP contribution < -0.4 is 5.32 Å². The van der Waals surface area contributed by atoms with E-state index in [4.69, 9.17) is 15.2 Å². The first kappa shape index (κ1) is 25.6. The number of hydrogen-bond donors (Lipinski definition) is 2. The second-order valence-electron chi connectivity index (χ2n) is 6.19. The number of carbonyl (C=O) groups is 1. The molecule has 2 N–H and O–H groups in total. The molecule has 0 amide bonds. The summed E-state index contributed by atoms with van der Waals surface area (Å²) < 4.78 is 70.3. The SMILES string of the molecule is CN(C)CCNc1cc(-c2cccc(C(F)(F)F)c2)nc(C#N)n1.O=C(O)C(F)(F)F. The van der Waals surface area contributed by atoms with Crippen molar-refractivity contribution in [2.45, 2.75) is 12.4 Å². The molecule has 0 aliphatic rings. The number of carboxylic acids is 1. The van der Waals surface area contributed by atoms with Crippen LogP contribution in [0.5, 0.6) is 0 Å². The lowest BCUT2D eigenvalue weighted by Crippen LogP contribution is -2.21. The standard InChI is InChI=1S/C16H16F3N5.C2HF3O2/c1-24(2)7-6-21-14-9-13(22-15(10-20)23-14)11-4-3-5-12(8-11)16(17,18)19;3-2(4,5)1(6)7/h3-5,8-9H,6-7H2,1-2H3,(H,21,22,23);(H,6,7). The molecule has 31 heavy (non-hydrogen) atoms. The minimum atomic E-state index is -5.08. The van der Waals surface area contributed by atoms with E-state index in [0.29, 0.717) is 12.4 Å². The van der Waals surface area contributed by atoms with E-state index < -0.39 is 23.9 Å². The molecule has 0 aliphatic heterocycles. The van der Waals surface area contributed by atoms with Crippen LogP contribution in [0, 0.1) is 11.3 Å². The van der Waals surface area contributed by atoms with Gasteiger partial charge in [-0.05, 0) is 26.2 Å². The van der Waals surface area contributed by atoms with Crippen molar-refractivity contribution < 1.29 is 36.2 Å². The van der Waals surface area contributed by atoms with Crippen LogP contribution in [0.1, 0.15) is 11.4 Å². The van der Waals surface area contributed by atoms with Crippen molar-refractivity contribution >= 4 is 11.8 Å². The average molecular weight is 449 g/mol. The van der Waals surface area contributed by atoms with Gasteiger partial charge in [0, 0.05) is 24.7 Å². The smallest absolute Gasteiger partial charge is 0.475 e. The topological polar surface area (TPSA) is 102 Å². The highest BCUT2D eigenvalue weighted by Crippen LogP contribution is 2.32. The minimum Gasteiger partial charge on any atom is -0.475 e. The Bertz CT molecular complexity index is 938. The van der Waals surface area contributed by atoms with Gasteiger partial charge in [-0.15, -0.1) is 0 Å². The highest BCUT2D eigenvalue weighted by Gasteiger charge is 2.38. The summed E-state index contributed by atoms with van der Waals surface area (Å²) in [5, 5.41) is 19.2. The van der Waals surface area contributed by atoms with Crippen LogP contribution >= 0.6 is 0 Å². The summed E-state index contributed by atoms with van der Waals surface area (Å²) in [6, 6.07) is 8.19. The fourth-order valence-corrected chi connectivity index (χ4v) is 2.00. The first-order chi connectivity index (χ1) is 14.2. The summed E-state index contributed by atoms with van der Waals surface area (Å²) in [6.45, 7) is 1.32. The number of halogens is 6. The van der Waals surface area contributed by atoms with E-state index >= 15 is 0 Å². The van der Waals surface area contributed by atoms with Gasteiger partial charge in [-0.1, -0.05) is 12.1 Å². The van der Waals surface area contributed by atoms with Crippen molar-refractivity contribution in [3.05, 3.63) is 41.7 Å². The number of carboxylic acid groups (broad SMARTS) is 1. The van der Waals surface area contributed by atoms with Gasteiger partial charge in [0.25, 0.3) is 0 Å². The van der Waals surface area contributed by atoms with E-state index in [0.717, 1.165) is 18.7 Å². The zero-order chi connectivity index (χ0) is 23.8.